The third-order valence-corrected chi connectivity index (χ3v) is 5.91. The highest BCUT2D eigenvalue weighted by Gasteiger charge is 2.59. The largest absolute Gasteiger partial charge is 0.493 e. The van der Waals surface area contributed by atoms with Gasteiger partial charge >= 0.3 is 0 Å². The Bertz CT molecular complexity index is 641. The van der Waals surface area contributed by atoms with Crippen LogP contribution in [0.4, 0.5) is 0 Å². The summed E-state index contributed by atoms with van der Waals surface area (Å²) in [5.74, 6) is 3.01. The molecule has 1 aromatic carbocycles. The van der Waals surface area contributed by atoms with E-state index in [1.54, 1.807) is 14.2 Å². The zero-order valence-electron chi connectivity index (χ0n) is 13.5. The summed E-state index contributed by atoms with van der Waals surface area (Å²) in [5.41, 5.74) is 2.53. The first-order valence-corrected chi connectivity index (χ1v) is 8.16. The van der Waals surface area contributed by atoms with Gasteiger partial charge in [0.1, 0.15) is 0 Å². The zero-order chi connectivity index (χ0) is 15.5. The summed E-state index contributed by atoms with van der Waals surface area (Å²) < 4.78 is 11.0. The standard InChI is InChI=1S/C18H23NO3/c1-11-6-13-8-17(20)19-5-4-12-7-15(21-2)16(22-3)9-14(12)18(13,19)10-11/h7,9,11,13H,4-6,8,10H2,1-3H3. The van der Waals surface area contributed by atoms with E-state index in [-0.39, 0.29) is 5.54 Å². The van der Waals surface area contributed by atoms with Crippen LogP contribution < -0.4 is 9.47 Å². The number of carbonyl (C=O) groups is 1. The van der Waals surface area contributed by atoms with Gasteiger partial charge in [-0.2, -0.15) is 0 Å². The fourth-order valence-electron chi connectivity index (χ4n) is 5.15. The van der Waals surface area contributed by atoms with E-state index in [1.807, 2.05) is 0 Å². The van der Waals surface area contributed by atoms with Crippen LogP contribution in [0.1, 0.15) is 37.3 Å². The summed E-state index contributed by atoms with van der Waals surface area (Å²) in [5, 5.41) is 0. The molecular formula is C18H23NO3. The molecule has 1 aliphatic carbocycles. The Kier molecular flexibility index (Phi) is 2.94. The lowest BCUT2D eigenvalue weighted by Crippen LogP contribution is -2.49. The van der Waals surface area contributed by atoms with Gasteiger partial charge in [0.05, 0.1) is 19.8 Å². The van der Waals surface area contributed by atoms with Crippen molar-refractivity contribution < 1.29 is 14.3 Å². The lowest BCUT2D eigenvalue weighted by Gasteiger charge is -2.44. The van der Waals surface area contributed by atoms with E-state index in [0.29, 0.717) is 24.2 Å². The molecule has 2 fully saturated rings. The summed E-state index contributed by atoms with van der Waals surface area (Å²) in [6.07, 6.45) is 3.84. The molecule has 0 radical (unpaired) electrons. The molecule has 118 valence electrons. The maximum Gasteiger partial charge on any atom is 0.223 e. The summed E-state index contributed by atoms with van der Waals surface area (Å²) in [6, 6.07) is 4.24. The Morgan fingerprint density at radius 2 is 1.95 bits per heavy atom. The Labute approximate surface area is 131 Å². The summed E-state index contributed by atoms with van der Waals surface area (Å²) >= 11 is 0. The fraction of sp³-hybridized carbons (Fsp3) is 0.611. The van der Waals surface area contributed by atoms with Crippen molar-refractivity contribution in [3.05, 3.63) is 23.3 Å². The quantitative estimate of drug-likeness (QED) is 0.843. The minimum atomic E-state index is -0.0936. The molecule has 1 spiro atoms. The molecule has 3 atom stereocenters. The van der Waals surface area contributed by atoms with Gasteiger partial charge in [0.15, 0.2) is 11.5 Å². The number of benzene rings is 1. The summed E-state index contributed by atoms with van der Waals surface area (Å²) in [6.45, 7) is 3.15. The van der Waals surface area contributed by atoms with Crippen LogP contribution in [-0.2, 0) is 16.8 Å². The topological polar surface area (TPSA) is 38.8 Å². The molecule has 4 nitrogen and oxygen atoms in total. The van der Waals surface area contributed by atoms with Gasteiger partial charge in [-0.05, 0) is 54.4 Å². The average molecular weight is 301 g/mol. The van der Waals surface area contributed by atoms with E-state index < -0.39 is 0 Å². The fourth-order valence-corrected chi connectivity index (χ4v) is 5.15. The average Bonchev–Trinajstić information content (AvgIpc) is 2.95. The van der Waals surface area contributed by atoms with Crippen molar-refractivity contribution in [2.75, 3.05) is 20.8 Å². The maximum absolute atomic E-state index is 12.5. The van der Waals surface area contributed by atoms with E-state index in [1.165, 1.54) is 11.1 Å². The second-order valence-corrected chi connectivity index (χ2v) is 7.03. The molecule has 4 rings (SSSR count). The number of carbonyl (C=O) groups excluding carboxylic acids is 1. The lowest BCUT2D eigenvalue weighted by molar-refractivity contribution is -0.132. The second-order valence-electron chi connectivity index (χ2n) is 7.03. The van der Waals surface area contributed by atoms with E-state index >= 15 is 0 Å². The molecule has 22 heavy (non-hydrogen) atoms. The number of methoxy groups -OCH3 is 2. The van der Waals surface area contributed by atoms with Crippen LogP contribution in [-0.4, -0.2) is 31.6 Å². The molecule has 3 unspecified atom stereocenters. The van der Waals surface area contributed by atoms with Crippen LogP contribution in [0.2, 0.25) is 0 Å². The number of rotatable bonds is 2. The zero-order valence-corrected chi connectivity index (χ0v) is 13.5. The predicted octanol–water partition coefficient (Wildman–Crippen LogP) is 2.73. The molecule has 1 saturated carbocycles. The van der Waals surface area contributed by atoms with E-state index in [4.69, 9.17) is 9.47 Å². The number of amides is 1. The van der Waals surface area contributed by atoms with Gasteiger partial charge in [0.2, 0.25) is 5.91 Å². The molecule has 4 heteroatoms. The van der Waals surface area contributed by atoms with Gasteiger partial charge < -0.3 is 14.4 Å². The number of nitrogens with zero attached hydrogens (tertiary/aromatic N) is 1. The molecule has 0 bridgehead atoms. The van der Waals surface area contributed by atoms with Crippen molar-refractivity contribution in [3.8, 4) is 11.5 Å². The molecule has 2 heterocycles. The SMILES string of the molecule is COc1cc2c(cc1OC)C13CC(C)CC1CC(=O)N3CC2. The van der Waals surface area contributed by atoms with Crippen molar-refractivity contribution >= 4 is 5.91 Å². The molecule has 3 aliphatic rings. The van der Waals surface area contributed by atoms with Gasteiger partial charge in [0.25, 0.3) is 0 Å². The maximum atomic E-state index is 12.5. The van der Waals surface area contributed by atoms with Gasteiger partial charge in [-0.25, -0.2) is 0 Å². The normalized spacial score (nSPS) is 32.5. The minimum absolute atomic E-state index is 0.0936. The van der Waals surface area contributed by atoms with Gasteiger partial charge in [0, 0.05) is 13.0 Å². The van der Waals surface area contributed by atoms with Crippen LogP contribution in [0.5, 0.6) is 11.5 Å². The first-order valence-electron chi connectivity index (χ1n) is 8.16. The van der Waals surface area contributed by atoms with Crippen LogP contribution in [0.3, 0.4) is 0 Å². The monoisotopic (exact) mass is 301 g/mol. The predicted molar refractivity (Wildman–Crippen MR) is 83.1 cm³/mol. The number of ether oxygens (including phenoxy) is 2. The molecule has 1 saturated heterocycles. The number of hydrogen-bond acceptors (Lipinski definition) is 3. The van der Waals surface area contributed by atoms with Crippen LogP contribution >= 0.6 is 0 Å². The van der Waals surface area contributed by atoms with E-state index in [9.17, 15) is 4.79 Å². The number of fused-ring (bicyclic) bond motifs is 1. The molecule has 1 aromatic rings. The highest BCUT2D eigenvalue weighted by Crippen LogP contribution is 2.59. The Balaban J connectivity index is 1.92. The Hall–Kier alpha value is -1.71. The smallest absolute Gasteiger partial charge is 0.223 e. The van der Waals surface area contributed by atoms with Gasteiger partial charge in [-0.1, -0.05) is 6.92 Å². The van der Waals surface area contributed by atoms with Crippen molar-refractivity contribution in [3.63, 3.8) is 0 Å². The number of hydrogen-bond donors (Lipinski definition) is 0. The first kappa shape index (κ1) is 13.9. The van der Waals surface area contributed by atoms with Crippen molar-refractivity contribution in [1.82, 2.24) is 4.90 Å². The molecule has 0 N–H and O–H groups in total. The van der Waals surface area contributed by atoms with Crippen LogP contribution in [0.15, 0.2) is 12.1 Å². The molecular weight excluding hydrogens is 278 g/mol. The van der Waals surface area contributed by atoms with Gasteiger partial charge in [-0.3, -0.25) is 4.79 Å². The third-order valence-electron chi connectivity index (χ3n) is 5.91. The first-order chi connectivity index (χ1) is 10.6. The third kappa shape index (κ3) is 1.61. The Morgan fingerprint density at radius 1 is 1.23 bits per heavy atom. The Morgan fingerprint density at radius 3 is 2.68 bits per heavy atom. The highest BCUT2D eigenvalue weighted by molar-refractivity contribution is 5.82. The van der Waals surface area contributed by atoms with Crippen molar-refractivity contribution in [1.29, 1.82) is 0 Å². The molecule has 1 amide bonds. The van der Waals surface area contributed by atoms with Crippen LogP contribution in [0, 0.1) is 11.8 Å². The van der Waals surface area contributed by atoms with Crippen molar-refractivity contribution in [2.24, 2.45) is 11.8 Å². The highest BCUT2D eigenvalue weighted by atomic mass is 16.5. The van der Waals surface area contributed by atoms with Crippen LogP contribution in [0.25, 0.3) is 0 Å². The summed E-state index contributed by atoms with van der Waals surface area (Å²) in [4.78, 5) is 14.6. The van der Waals surface area contributed by atoms with Crippen molar-refractivity contribution in [2.45, 2.75) is 38.1 Å². The molecule has 2 aliphatic heterocycles. The second kappa shape index (κ2) is 4.64. The lowest BCUT2D eigenvalue weighted by atomic mass is 9.75. The van der Waals surface area contributed by atoms with Gasteiger partial charge in [-0.15, -0.1) is 0 Å². The van der Waals surface area contributed by atoms with E-state index in [0.717, 1.165) is 37.3 Å². The summed E-state index contributed by atoms with van der Waals surface area (Å²) in [7, 11) is 3.36. The van der Waals surface area contributed by atoms with E-state index in [2.05, 4.69) is 24.0 Å². The minimum Gasteiger partial charge on any atom is -0.493 e. The molecule has 0 aromatic heterocycles.